The molecule has 0 atom stereocenters. The van der Waals surface area contributed by atoms with Gasteiger partial charge in [-0.2, -0.15) is 0 Å². The summed E-state index contributed by atoms with van der Waals surface area (Å²) in [5.41, 5.74) is 1.39. The molecule has 0 unspecified atom stereocenters. The number of carbonyl (C=O) groups is 2. The maximum Gasteiger partial charge on any atom is 0.386 e. The molecule has 0 bridgehead atoms. The first-order valence-electron chi connectivity index (χ1n) is 17.3. The van der Waals surface area contributed by atoms with Crippen LogP contribution >= 0.6 is 0 Å². The minimum Gasteiger partial charge on any atom is -0.242 e. The standard InChI is InChI=1S/C18H22O2.C14H10O4.C8H18O2.C4H9/c1-17(2,15-11-7-5-8-12-15)19-20-18(3,4)16-13-9-6-10-14-16;15-13(11-7-3-1-4-8-11)17-18-14(16)12-9-5-2-6-10-12;1-7(2,3)9-10-8(4,5)6;1-4(2)3/h5-14H,1-4H3;1-10H;1-6H3;1-3H3. The van der Waals surface area contributed by atoms with Gasteiger partial charge in [0.15, 0.2) is 0 Å². The predicted octanol–water partition coefficient (Wildman–Crippen LogP) is 11.6. The van der Waals surface area contributed by atoms with Gasteiger partial charge in [-0.1, -0.05) is 118 Å². The highest BCUT2D eigenvalue weighted by Gasteiger charge is 2.29. The van der Waals surface area contributed by atoms with Crippen molar-refractivity contribution in [2.24, 2.45) is 0 Å². The zero-order valence-electron chi connectivity index (χ0n) is 33.3. The normalized spacial score (nSPS) is 11.4. The molecule has 0 N–H and O–H groups in total. The van der Waals surface area contributed by atoms with E-state index >= 15 is 0 Å². The lowest BCUT2D eigenvalue weighted by Crippen LogP contribution is -2.29. The van der Waals surface area contributed by atoms with Crippen LogP contribution in [0.4, 0.5) is 0 Å². The van der Waals surface area contributed by atoms with E-state index in [9.17, 15) is 9.59 Å². The first kappa shape index (κ1) is 45.7. The van der Waals surface area contributed by atoms with Crippen LogP contribution in [0.5, 0.6) is 0 Å². The van der Waals surface area contributed by atoms with Crippen molar-refractivity contribution in [3.05, 3.63) is 149 Å². The summed E-state index contributed by atoms with van der Waals surface area (Å²) in [6.45, 7) is 26.0. The van der Waals surface area contributed by atoms with Gasteiger partial charge in [0.05, 0.1) is 22.3 Å². The number of hydrogen-bond acceptors (Lipinski definition) is 8. The SMILES string of the molecule is CC(C)(C)OOC(C)(C)C.CC(C)(OOC(C)(C)c1ccccc1)c1ccccc1.C[C](C)C.O=C(OOC(=O)c1ccccc1)c1ccccc1. The smallest absolute Gasteiger partial charge is 0.242 e. The van der Waals surface area contributed by atoms with Crippen LogP contribution in [-0.2, 0) is 40.5 Å². The average molecular weight is 716 g/mol. The van der Waals surface area contributed by atoms with Gasteiger partial charge in [0.25, 0.3) is 0 Å². The maximum atomic E-state index is 11.5. The molecule has 0 saturated heterocycles. The Labute approximate surface area is 312 Å². The summed E-state index contributed by atoms with van der Waals surface area (Å²) in [6, 6.07) is 36.7. The minimum absolute atomic E-state index is 0.215. The molecule has 4 aromatic carbocycles. The van der Waals surface area contributed by atoms with Gasteiger partial charge in [0.1, 0.15) is 11.2 Å². The molecule has 0 heterocycles. The lowest BCUT2D eigenvalue weighted by atomic mass is 9.98. The molecule has 283 valence electrons. The van der Waals surface area contributed by atoms with E-state index in [1.165, 1.54) is 5.92 Å². The second-order valence-electron chi connectivity index (χ2n) is 15.3. The average Bonchev–Trinajstić information content (AvgIpc) is 3.10. The summed E-state index contributed by atoms with van der Waals surface area (Å²) in [5.74, 6) is -0.000220. The van der Waals surface area contributed by atoms with Crippen LogP contribution in [0.25, 0.3) is 0 Å². The lowest BCUT2D eigenvalue weighted by Gasteiger charge is -2.31. The molecule has 0 amide bonds. The van der Waals surface area contributed by atoms with Crippen molar-refractivity contribution in [3.8, 4) is 0 Å². The van der Waals surface area contributed by atoms with Crippen molar-refractivity contribution < 1.29 is 38.9 Å². The van der Waals surface area contributed by atoms with Gasteiger partial charge >= 0.3 is 11.9 Å². The number of carbonyl (C=O) groups excluding carboxylic acids is 2. The summed E-state index contributed by atoms with van der Waals surface area (Å²) in [7, 11) is 0. The second-order valence-corrected chi connectivity index (χ2v) is 15.3. The molecular weight excluding hydrogens is 656 g/mol. The molecule has 0 aromatic heterocycles. The van der Waals surface area contributed by atoms with E-state index < -0.39 is 23.1 Å². The fraction of sp³-hybridized carbons (Fsp3) is 0.386. The third-order valence-electron chi connectivity index (χ3n) is 6.15. The van der Waals surface area contributed by atoms with Crippen molar-refractivity contribution >= 4 is 11.9 Å². The molecule has 0 aliphatic rings. The van der Waals surface area contributed by atoms with Gasteiger partial charge in [-0.3, -0.25) is 0 Å². The summed E-state index contributed by atoms with van der Waals surface area (Å²) in [5, 5.41) is 0. The van der Waals surface area contributed by atoms with Crippen LogP contribution in [0.3, 0.4) is 0 Å². The molecule has 52 heavy (non-hydrogen) atoms. The van der Waals surface area contributed by atoms with Gasteiger partial charge in [-0.25, -0.2) is 38.9 Å². The number of rotatable bonds is 8. The van der Waals surface area contributed by atoms with E-state index in [0.717, 1.165) is 11.1 Å². The summed E-state index contributed by atoms with van der Waals surface area (Å²) in [4.78, 5) is 53.5. The maximum absolute atomic E-state index is 11.5. The van der Waals surface area contributed by atoms with E-state index in [-0.39, 0.29) is 11.2 Å². The van der Waals surface area contributed by atoms with Gasteiger partial charge in [0, 0.05) is 0 Å². The molecule has 0 aliphatic carbocycles. The molecule has 1 radical (unpaired) electrons. The third kappa shape index (κ3) is 20.5. The fourth-order valence-electron chi connectivity index (χ4n) is 3.55. The highest BCUT2D eigenvalue weighted by Crippen LogP contribution is 2.31. The van der Waals surface area contributed by atoms with Crippen LogP contribution in [-0.4, -0.2) is 23.1 Å². The Hall–Kier alpha value is -4.34. The van der Waals surface area contributed by atoms with Crippen LogP contribution in [0.2, 0.25) is 0 Å². The zero-order chi connectivity index (χ0) is 39.4. The zero-order valence-corrected chi connectivity index (χ0v) is 33.3. The Balaban J connectivity index is 0.000000388. The first-order valence-corrected chi connectivity index (χ1v) is 17.3. The van der Waals surface area contributed by atoms with Gasteiger partial charge < -0.3 is 0 Å². The van der Waals surface area contributed by atoms with E-state index in [1.807, 2.05) is 130 Å². The van der Waals surface area contributed by atoms with E-state index in [0.29, 0.717) is 11.1 Å². The van der Waals surface area contributed by atoms with Gasteiger partial charge in [-0.05, 0) is 111 Å². The van der Waals surface area contributed by atoms with E-state index in [4.69, 9.17) is 19.6 Å². The molecule has 0 spiro atoms. The second kappa shape index (κ2) is 21.9. The van der Waals surface area contributed by atoms with Crippen molar-refractivity contribution in [2.75, 3.05) is 0 Å². The Kier molecular flexibility index (Phi) is 19.2. The summed E-state index contributed by atoms with van der Waals surface area (Å²) >= 11 is 0. The van der Waals surface area contributed by atoms with Gasteiger partial charge in [0.2, 0.25) is 0 Å². The molecule has 0 aliphatic heterocycles. The third-order valence-corrected chi connectivity index (χ3v) is 6.15. The summed E-state index contributed by atoms with van der Waals surface area (Å²) < 4.78 is 0. The first-order chi connectivity index (χ1) is 24.1. The Bertz CT molecular complexity index is 1420. The largest absolute Gasteiger partial charge is 0.386 e. The van der Waals surface area contributed by atoms with Crippen molar-refractivity contribution in [3.63, 3.8) is 0 Å². The molecular formula is C44H59O8. The van der Waals surface area contributed by atoms with Crippen molar-refractivity contribution in [2.45, 2.75) is 112 Å². The van der Waals surface area contributed by atoms with E-state index in [2.05, 4.69) is 30.5 Å². The Morgan fingerprint density at radius 1 is 0.385 bits per heavy atom. The minimum atomic E-state index is -0.708. The Morgan fingerprint density at radius 2 is 0.615 bits per heavy atom. The lowest BCUT2D eigenvalue weighted by molar-refractivity contribution is -0.410. The van der Waals surface area contributed by atoms with Crippen LogP contribution < -0.4 is 0 Å². The van der Waals surface area contributed by atoms with E-state index in [1.54, 1.807) is 60.7 Å². The van der Waals surface area contributed by atoms with Crippen LogP contribution in [0.1, 0.15) is 122 Å². The highest BCUT2D eigenvalue weighted by atomic mass is 17.2. The predicted molar refractivity (Wildman–Crippen MR) is 207 cm³/mol. The monoisotopic (exact) mass is 715 g/mol. The topological polar surface area (TPSA) is 89.5 Å². The molecule has 8 heteroatoms. The number of hydrogen-bond donors (Lipinski definition) is 0. The van der Waals surface area contributed by atoms with Crippen molar-refractivity contribution in [1.82, 2.24) is 0 Å². The number of benzene rings is 4. The molecule has 4 rings (SSSR count). The molecule has 8 nitrogen and oxygen atoms in total. The quantitative estimate of drug-likeness (QED) is 0.132. The highest BCUT2D eigenvalue weighted by molar-refractivity contribution is 5.92. The fourth-order valence-corrected chi connectivity index (χ4v) is 3.55. The van der Waals surface area contributed by atoms with Crippen molar-refractivity contribution in [1.29, 1.82) is 0 Å². The molecule has 0 fully saturated rings. The molecule has 0 saturated carbocycles. The van der Waals surface area contributed by atoms with Crippen LogP contribution in [0, 0.1) is 5.92 Å². The van der Waals surface area contributed by atoms with Gasteiger partial charge in [-0.15, -0.1) is 0 Å². The summed E-state index contributed by atoms with van der Waals surface area (Å²) in [6.07, 6.45) is 0. The molecule has 4 aromatic rings. The van der Waals surface area contributed by atoms with Crippen LogP contribution in [0.15, 0.2) is 121 Å². The Morgan fingerprint density at radius 3 is 0.846 bits per heavy atom.